The minimum absolute atomic E-state index is 0.210. The van der Waals surface area contributed by atoms with Gasteiger partial charge in [0.25, 0.3) is 0 Å². The average molecular weight is 343 g/mol. The number of carbonyl (C=O) groups excluding carboxylic acids is 1. The second-order valence-corrected chi connectivity index (χ2v) is 5.72. The van der Waals surface area contributed by atoms with Gasteiger partial charge in [-0.2, -0.15) is 4.80 Å². The van der Waals surface area contributed by atoms with Gasteiger partial charge in [0.1, 0.15) is 11.5 Å². The van der Waals surface area contributed by atoms with E-state index >= 15 is 0 Å². The van der Waals surface area contributed by atoms with Crippen LogP contribution in [-0.4, -0.2) is 20.8 Å². The Morgan fingerprint density at radius 2 is 1.38 bits per heavy atom. The predicted molar refractivity (Wildman–Crippen MR) is 96.6 cm³/mol. The van der Waals surface area contributed by atoms with Crippen LogP contribution in [-0.2, 0) is 0 Å². The summed E-state index contributed by atoms with van der Waals surface area (Å²) >= 11 is 0. The number of hydrogen-bond acceptors (Lipinski definition) is 3. The van der Waals surface area contributed by atoms with Crippen molar-refractivity contribution < 1.29 is 9.18 Å². The average Bonchev–Trinajstić information content (AvgIpc) is 3.15. The summed E-state index contributed by atoms with van der Waals surface area (Å²) in [6, 6.07) is 24.2. The Bertz CT molecular complexity index is 1040. The van der Waals surface area contributed by atoms with E-state index in [4.69, 9.17) is 0 Å². The number of benzene rings is 3. The molecule has 0 amide bonds. The van der Waals surface area contributed by atoms with Gasteiger partial charge in [0.2, 0.25) is 5.78 Å². The second-order valence-electron chi connectivity index (χ2n) is 5.72. The maximum absolute atomic E-state index is 13.2. The number of aromatic nitrogens is 3. The minimum atomic E-state index is -0.343. The molecule has 4 nitrogen and oxygen atoms in total. The first kappa shape index (κ1) is 15.9. The number of hydrogen-bond donors (Lipinski definition) is 0. The van der Waals surface area contributed by atoms with Crippen LogP contribution in [0.2, 0.25) is 0 Å². The zero-order valence-electron chi connectivity index (χ0n) is 13.7. The molecule has 0 bridgehead atoms. The first-order valence-electron chi connectivity index (χ1n) is 8.11. The van der Waals surface area contributed by atoms with E-state index in [-0.39, 0.29) is 17.3 Å². The molecule has 4 aromatic rings. The minimum Gasteiger partial charge on any atom is -0.287 e. The number of carbonyl (C=O) groups is 1. The normalized spacial score (nSPS) is 10.7. The lowest BCUT2D eigenvalue weighted by atomic mass is 10.0. The van der Waals surface area contributed by atoms with Crippen LogP contribution in [0.4, 0.5) is 4.39 Å². The Labute approximate surface area is 149 Å². The highest BCUT2D eigenvalue weighted by atomic mass is 19.1. The molecule has 0 unspecified atom stereocenters. The predicted octanol–water partition coefficient (Wildman–Crippen LogP) is 4.30. The molecule has 0 atom stereocenters. The van der Waals surface area contributed by atoms with E-state index in [1.165, 1.54) is 16.9 Å². The quantitative estimate of drug-likeness (QED) is 0.519. The van der Waals surface area contributed by atoms with Crippen molar-refractivity contribution in [3.63, 3.8) is 0 Å². The van der Waals surface area contributed by atoms with Gasteiger partial charge < -0.3 is 0 Å². The Balaban J connectivity index is 1.86. The van der Waals surface area contributed by atoms with E-state index in [9.17, 15) is 9.18 Å². The topological polar surface area (TPSA) is 47.8 Å². The summed E-state index contributed by atoms with van der Waals surface area (Å²) in [7, 11) is 0. The van der Waals surface area contributed by atoms with Crippen molar-refractivity contribution in [1.29, 1.82) is 0 Å². The number of halogens is 1. The van der Waals surface area contributed by atoms with Crippen molar-refractivity contribution >= 4 is 5.78 Å². The molecule has 5 heteroatoms. The molecule has 0 aliphatic rings. The van der Waals surface area contributed by atoms with E-state index in [2.05, 4.69) is 10.2 Å². The summed E-state index contributed by atoms with van der Waals surface area (Å²) in [5, 5.41) is 8.89. The van der Waals surface area contributed by atoms with Crippen LogP contribution < -0.4 is 0 Å². The van der Waals surface area contributed by atoms with Gasteiger partial charge in [-0.15, -0.1) is 10.2 Å². The maximum atomic E-state index is 13.2. The largest absolute Gasteiger partial charge is 0.287 e. The summed E-state index contributed by atoms with van der Waals surface area (Å²) in [6.45, 7) is 0. The Kier molecular flexibility index (Phi) is 4.11. The lowest BCUT2D eigenvalue weighted by Crippen LogP contribution is -2.05. The summed E-state index contributed by atoms with van der Waals surface area (Å²) in [5.41, 5.74) is 2.65. The molecule has 0 aliphatic carbocycles. The van der Waals surface area contributed by atoms with E-state index in [0.717, 1.165) is 5.56 Å². The van der Waals surface area contributed by atoms with Crippen LogP contribution in [0, 0.1) is 5.82 Å². The van der Waals surface area contributed by atoms with Crippen LogP contribution >= 0.6 is 0 Å². The monoisotopic (exact) mass is 343 g/mol. The van der Waals surface area contributed by atoms with Gasteiger partial charge >= 0.3 is 0 Å². The zero-order chi connectivity index (χ0) is 17.9. The Morgan fingerprint density at radius 1 is 0.769 bits per heavy atom. The maximum Gasteiger partial charge on any atom is 0.215 e. The highest BCUT2D eigenvalue weighted by Crippen LogP contribution is 2.23. The Hall–Kier alpha value is -3.60. The molecule has 126 valence electrons. The van der Waals surface area contributed by atoms with Gasteiger partial charge in [0.15, 0.2) is 5.69 Å². The lowest BCUT2D eigenvalue weighted by Gasteiger charge is -2.00. The number of nitrogens with zero attached hydrogens (tertiary/aromatic N) is 3. The van der Waals surface area contributed by atoms with Gasteiger partial charge in [0.05, 0.1) is 5.69 Å². The van der Waals surface area contributed by atoms with Crippen molar-refractivity contribution in [3.8, 4) is 16.9 Å². The Morgan fingerprint density at radius 3 is 2.04 bits per heavy atom. The van der Waals surface area contributed by atoms with Gasteiger partial charge in [-0.25, -0.2) is 4.39 Å². The van der Waals surface area contributed by atoms with Gasteiger partial charge in [0, 0.05) is 11.1 Å². The molecule has 3 aromatic carbocycles. The third-order valence-corrected chi connectivity index (χ3v) is 3.97. The molecule has 4 rings (SSSR count). The molecule has 26 heavy (non-hydrogen) atoms. The third kappa shape index (κ3) is 3.02. The second kappa shape index (κ2) is 6.72. The highest BCUT2D eigenvalue weighted by Gasteiger charge is 2.21. The summed E-state index contributed by atoms with van der Waals surface area (Å²) in [6.07, 6.45) is 0. The van der Waals surface area contributed by atoms with E-state index in [1.807, 2.05) is 36.4 Å². The molecule has 1 heterocycles. The molecular formula is C21H14FN3O. The molecule has 0 fully saturated rings. The number of ketones is 1. The smallest absolute Gasteiger partial charge is 0.215 e. The lowest BCUT2D eigenvalue weighted by molar-refractivity contribution is 0.103. The summed E-state index contributed by atoms with van der Waals surface area (Å²) < 4.78 is 13.2. The number of rotatable bonds is 4. The van der Waals surface area contributed by atoms with Crippen molar-refractivity contribution in [1.82, 2.24) is 15.0 Å². The van der Waals surface area contributed by atoms with Crippen LogP contribution in [0.15, 0.2) is 84.9 Å². The van der Waals surface area contributed by atoms with E-state index in [0.29, 0.717) is 16.9 Å². The fraction of sp³-hybridized carbons (Fsp3) is 0. The highest BCUT2D eigenvalue weighted by molar-refractivity contribution is 6.10. The van der Waals surface area contributed by atoms with Crippen molar-refractivity contribution in [2.24, 2.45) is 0 Å². The third-order valence-electron chi connectivity index (χ3n) is 3.97. The summed E-state index contributed by atoms with van der Waals surface area (Å²) in [4.78, 5) is 14.3. The molecule has 0 saturated carbocycles. The van der Waals surface area contributed by atoms with Crippen molar-refractivity contribution in [2.75, 3.05) is 0 Å². The van der Waals surface area contributed by atoms with E-state index < -0.39 is 0 Å². The standard InChI is InChI=1S/C21H14FN3O/c22-17-11-13-18(14-12-17)25-23-19(15-7-3-1-4-8-15)20(24-25)21(26)16-9-5-2-6-10-16/h1-14H. The molecular weight excluding hydrogens is 329 g/mol. The summed E-state index contributed by atoms with van der Waals surface area (Å²) in [5.74, 6) is -0.553. The van der Waals surface area contributed by atoms with Crippen LogP contribution in [0.1, 0.15) is 16.1 Å². The molecule has 0 spiro atoms. The van der Waals surface area contributed by atoms with E-state index in [1.54, 1.807) is 36.4 Å². The zero-order valence-corrected chi connectivity index (χ0v) is 13.7. The molecule has 1 aromatic heterocycles. The van der Waals surface area contributed by atoms with Gasteiger partial charge in [-0.05, 0) is 24.3 Å². The molecule has 0 radical (unpaired) electrons. The first-order chi connectivity index (χ1) is 12.7. The van der Waals surface area contributed by atoms with Gasteiger partial charge in [-0.1, -0.05) is 60.7 Å². The molecule has 0 saturated heterocycles. The van der Waals surface area contributed by atoms with Crippen molar-refractivity contribution in [3.05, 3.63) is 102 Å². The SMILES string of the molecule is O=C(c1ccccc1)c1nn(-c2ccc(F)cc2)nc1-c1ccccc1. The molecule has 0 aliphatic heterocycles. The van der Waals surface area contributed by atoms with Crippen LogP contribution in [0.3, 0.4) is 0 Å². The fourth-order valence-corrected chi connectivity index (χ4v) is 2.67. The molecule has 0 N–H and O–H groups in total. The first-order valence-corrected chi connectivity index (χ1v) is 8.11. The fourth-order valence-electron chi connectivity index (χ4n) is 2.67. The van der Waals surface area contributed by atoms with Crippen molar-refractivity contribution in [2.45, 2.75) is 0 Å². The van der Waals surface area contributed by atoms with Crippen LogP contribution in [0.25, 0.3) is 16.9 Å². The van der Waals surface area contributed by atoms with Crippen LogP contribution in [0.5, 0.6) is 0 Å². The van der Waals surface area contributed by atoms with Gasteiger partial charge in [-0.3, -0.25) is 4.79 Å².